The summed E-state index contributed by atoms with van der Waals surface area (Å²) < 4.78 is 11.7. The van der Waals surface area contributed by atoms with Gasteiger partial charge in [-0.05, 0) is 19.4 Å². The number of aromatic nitrogens is 2. The van der Waals surface area contributed by atoms with Gasteiger partial charge in [0, 0.05) is 37.0 Å². The van der Waals surface area contributed by atoms with E-state index >= 15 is 0 Å². The van der Waals surface area contributed by atoms with Crippen LogP contribution in [0, 0.1) is 6.92 Å². The second-order valence-corrected chi connectivity index (χ2v) is 7.79. The van der Waals surface area contributed by atoms with E-state index < -0.39 is 0 Å². The second-order valence-electron chi connectivity index (χ2n) is 5.38. The summed E-state index contributed by atoms with van der Waals surface area (Å²) in [5.74, 6) is 0.774. The van der Waals surface area contributed by atoms with Crippen LogP contribution in [0.4, 0.5) is 0 Å². The SMILES string of the molecule is COCCCNC(=O)c1oc2ccccc2c1CSc1nnc(C)s1. The highest BCUT2D eigenvalue weighted by Crippen LogP contribution is 2.33. The number of amides is 1. The van der Waals surface area contributed by atoms with Gasteiger partial charge in [-0.3, -0.25) is 4.79 Å². The first-order valence-corrected chi connectivity index (χ1v) is 9.69. The van der Waals surface area contributed by atoms with E-state index in [2.05, 4.69) is 15.5 Å². The number of thioether (sulfide) groups is 1. The Balaban J connectivity index is 1.80. The van der Waals surface area contributed by atoms with Gasteiger partial charge < -0.3 is 14.5 Å². The predicted molar refractivity (Wildman–Crippen MR) is 99.2 cm³/mol. The highest BCUT2D eigenvalue weighted by Gasteiger charge is 2.20. The molecule has 1 amide bonds. The lowest BCUT2D eigenvalue weighted by atomic mass is 10.1. The van der Waals surface area contributed by atoms with Crippen molar-refractivity contribution in [3.8, 4) is 0 Å². The predicted octanol–water partition coefficient (Wildman–Crippen LogP) is 3.65. The number of aryl methyl sites for hydroxylation is 1. The lowest BCUT2D eigenvalue weighted by molar-refractivity contribution is 0.0922. The van der Waals surface area contributed by atoms with Gasteiger partial charge >= 0.3 is 0 Å². The molecule has 2 aromatic heterocycles. The minimum Gasteiger partial charge on any atom is -0.451 e. The van der Waals surface area contributed by atoms with Crippen LogP contribution in [0.25, 0.3) is 11.0 Å². The van der Waals surface area contributed by atoms with Gasteiger partial charge in [-0.15, -0.1) is 10.2 Å². The number of nitrogens with one attached hydrogen (secondary N) is 1. The number of rotatable bonds is 8. The average molecular weight is 377 g/mol. The lowest BCUT2D eigenvalue weighted by Gasteiger charge is -2.04. The number of carbonyl (C=O) groups is 1. The number of nitrogens with zero attached hydrogens (tertiary/aromatic N) is 2. The summed E-state index contributed by atoms with van der Waals surface area (Å²) in [5.41, 5.74) is 1.60. The Labute approximate surface area is 154 Å². The summed E-state index contributed by atoms with van der Waals surface area (Å²) in [6.45, 7) is 3.08. The van der Waals surface area contributed by atoms with Crippen LogP contribution in [0.15, 0.2) is 33.0 Å². The number of ether oxygens (including phenoxy) is 1. The summed E-state index contributed by atoms with van der Waals surface area (Å²) >= 11 is 3.11. The number of hydrogen-bond donors (Lipinski definition) is 1. The summed E-state index contributed by atoms with van der Waals surface area (Å²) in [4.78, 5) is 12.5. The number of methoxy groups -OCH3 is 1. The molecule has 3 rings (SSSR count). The topological polar surface area (TPSA) is 77.2 Å². The Kier molecular flexibility index (Phi) is 6.06. The van der Waals surface area contributed by atoms with Crippen LogP contribution in [0.2, 0.25) is 0 Å². The summed E-state index contributed by atoms with van der Waals surface area (Å²) in [6, 6.07) is 7.70. The number of para-hydroxylation sites is 1. The van der Waals surface area contributed by atoms with Crippen LogP contribution < -0.4 is 5.32 Å². The number of furan rings is 1. The molecule has 0 saturated heterocycles. The van der Waals surface area contributed by atoms with Crippen molar-refractivity contribution >= 4 is 40.0 Å². The van der Waals surface area contributed by atoms with Crippen LogP contribution in [0.1, 0.15) is 27.5 Å². The summed E-state index contributed by atoms with van der Waals surface area (Å²) in [5, 5.41) is 12.9. The largest absolute Gasteiger partial charge is 0.451 e. The molecular weight excluding hydrogens is 358 g/mol. The molecule has 1 N–H and O–H groups in total. The molecule has 0 aliphatic heterocycles. The zero-order valence-electron chi connectivity index (χ0n) is 14.1. The molecule has 1 aromatic carbocycles. The zero-order chi connectivity index (χ0) is 17.6. The van der Waals surface area contributed by atoms with E-state index in [0.717, 1.165) is 26.7 Å². The summed E-state index contributed by atoms with van der Waals surface area (Å²) in [6.07, 6.45) is 0.761. The van der Waals surface area contributed by atoms with E-state index in [0.29, 0.717) is 30.2 Å². The molecule has 0 fully saturated rings. The zero-order valence-corrected chi connectivity index (χ0v) is 15.7. The third-order valence-electron chi connectivity index (χ3n) is 3.56. The van der Waals surface area contributed by atoms with Crippen molar-refractivity contribution < 1.29 is 13.9 Å². The van der Waals surface area contributed by atoms with Crippen LogP contribution in [-0.4, -0.2) is 36.4 Å². The fourth-order valence-corrected chi connectivity index (χ4v) is 4.24. The van der Waals surface area contributed by atoms with Crippen molar-refractivity contribution in [2.45, 2.75) is 23.4 Å². The first-order chi connectivity index (χ1) is 12.2. The lowest BCUT2D eigenvalue weighted by Crippen LogP contribution is -2.25. The number of hydrogen-bond acceptors (Lipinski definition) is 7. The minimum atomic E-state index is -0.198. The fourth-order valence-electron chi connectivity index (χ4n) is 2.39. The van der Waals surface area contributed by atoms with Crippen molar-refractivity contribution in [2.24, 2.45) is 0 Å². The first kappa shape index (κ1) is 17.9. The summed E-state index contributed by atoms with van der Waals surface area (Å²) in [7, 11) is 1.64. The van der Waals surface area contributed by atoms with Crippen LogP contribution in [0.3, 0.4) is 0 Å². The van der Waals surface area contributed by atoms with Crippen molar-refractivity contribution in [3.05, 3.63) is 40.6 Å². The van der Waals surface area contributed by atoms with E-state index in [1.807, 2.05) is 31.2 Å². The normalized spacial score (nSPS) is 11.1. The number of carbonyl (C=O) groups excluding carboxylic acids is 1. The molecule has 0 spiro atoms. The fraction of sp³-hybridized carbons (Fsp3) is 0.353. The Morgan fingerprint density at radius 3 is 2.96 bits per heavy atom. The molecule has 0 radical (unpaired) electrons. The van der Waals surface area contributed by atoms with E-state index in [1.165, 1.54) is 0 Å². The maximum absolute atomic E-state index is 12.5. The molecule has 0 aliphatic rings. The Bertz CT molecular complexity index is 860. The molecule has 0 bridgehead atoms. The second kappa shape index (κ2) is 8.46. The van der Waals surface area contributed by atoms with Gasteiger partial charge in [-0.2, -0.15) is 0 Å². The monoisotopic (exact) mass is 377 g/mol. The van der Waals surface area contributed by atoms with E-state index in [1.54, 1.807) is 30.2 Å². The molecule has 0 aliphatic carbocycles. The molecule has 8 heteroatoms. The van der Waals surface area contributed by atoms with Gasteiger partial charge in [0.1, 0.15) is 10.6 Å². The molecule has 0 atom stereocenters. The molecule has 132 valence electrons. The first-order valence-electron chi connectivity index (χ1n) is 7.89. The average Bonchev–Trinajstić information content (AvgIpc) is 3.20. The van der Waals surface area contributed by atoms with Crippen molar-refractivity contribution in [3.63, 3.8) is 0 Å². The van der Waals surface area contributed by atoms with Gasteiger partial charge in [0.25, 0.3) is 5.91 Å². The maximum atomic E-state index is 12.5. The van der Waals surface area contributed by atoms with Crippen LogP contribution in [0.5, 0.6) is 0 Å². The third-order valence-corrected chi connectivity index (χ3v) is 5.56. The Morgan fingerprint density at radius 2 is 2.20 bits per heavy atom. The number of fused-ring (bicyclic) bond motifs is 1. The van der Waals surface area contributed by atoms with Gasteiger partial charge in [-0.25, -0.2) is 0 Å². The Hall–Kier alpha value is -1.90. The molecule has 25 heavy (non-hydrogen) atoms. The van der Waals surface area contributed by atoms with Crippen molar-refractivity contribution in [2.75, 3.05) is 20.3 Å². The highest BCUT2D eigenvalue weighted by atomic mass is 32.2. The van der Waals surface area contributed by atoms with E-state index in [9.17, 15) is 4.79 Å². The third kappa shape index (κ3) is 4.39. The molecular formula is C17H19N3O3S2. The smallest absolute Gasteiger partial charge is 0.287 e. The van der Waals surface area contributed by atoms with Gasteiger partial charge in [0.2, 0.25) is 0 Å². The standard InChI is InChI=1S/C17H19N3O3S2/c1-11-19-20-17(25-11)24-10-13-12-6-3-4-7-14(12)23-15(13)16(21)18-8-5-9-22-2/h3-4,6-7H,5,8-10H2,1-2H3,(H,18,21). The van der Waals surface area contributed by atoms with Gasteiger partial charge in [-0.1, -0.05) is 41.3 Å². The van der Waals surface area contributed by atoms with Crippen LogP contribution in [-0.2, 0) is 10.5 Å². The number of benzene rings is 1. The quantitative estimate of drug-likeness (QED) is 0.477. The van der Waals surface area contributed by atoms with E-state index in [-0.39, 0.29) is 5.91 Å². The maximum Gasteiger partial charge on any atom is 0.287 e. The Morgan fingerprint density at radius 1 is 1.36 bits per heavy atom. The molecule has 0 saturated carbocycles. The van der Waals surface area contributed by atoms with E-state index in [4.69, 9.17) is 9.15 Å². The van der Waals surface area contributed by atoms with Gasteiger partial charge in [0.15, 0.2) is 10.1 Å². The molecule has 0 unspecified atom stereocenters. The highest BCUT2D eigenvalue weighted by molar-refractivity contribution is 8.00. The van der Waals surface area contributed by atoms with Crippen molar-refractivity contribution in [1.29, 1.82) is 0 Å². The molecule has 6 nitrogen and oxygen atoms in total. The molecule has 3 aromatic rings. The molecule has 2 heterocycles. The van der Waals surface area contributed by atoms with Crippen LogP contribution >= 0.6 is 23.1 Å². The van der Waals surface area contributed by atoms with Crippen molar-refractivity contribution in [1.82, 2.24) is 15.5 Å². The minimum absolute atomic E-state index is 0.198. The van der Waals surface area contributed by atoms with Gasteiger partial charge in [0.05, 0.1) is 0 Å².